The summed E-state index contributed by atoms with van der Waals surface area (Å²) in [5, 5.41) is 2.62. The number of fused-ring (bicyclic) bond motifs is 1. The summed E-state index contributed by atoms with van der Waals surface area (Å²) in [6, 6.07) is 8.80. The molecule has 2 heteroatoms. The number of pyridine rings is 1. The fourth-order valence-corrected chi connectivity index (χ4v) is 6.00. The molecule has 5 rings (SSSR count). The molecule has 0 N–H and O–H groups in total. The zero-order valence-electron chi connectivity index (χ0n) is 17.4. The van der Waals surface area contributed by atoms with Crippen LogP contribution in [0.25, 0.3) is 16.3 Å². The zero-order chi connectivity index (χ0) is 19.7. The fraction of sp³-hybridized carbons (Fsp3) is 0.423. The van der Waals surface area contributed by atoms with Crippen molar-refractivity contribution >= 4 is 24.2 Å². The summed E-state index contributed by atoms with van der Waals surface area (Å²) in [6.07, 6.45) is 12.5. The molecule has 28 heavy (non-hydrogen) atoms. The lowest BCUT2D eigenvalue weighted by atomic mass is 9.57. The zero-order valence-corrected chi connectivity index (χ0v) is 17.4. The minimum atomic E-state index is -0.113. The predicted octanol–water partition coefficient (Wildman–Crippen LogP) is 6.34. The van der Waals surface area contributed by atoms with Gasteiger partial charge in [0.05, 0.1) is 5.69 Å². The van der Waals surface area contributed by atoms with E-state index in [9.17, 15) is 0 Å². The Morgan fingerprint density at radius 3 is 2.75 bits per heavy atom. The first kappa shape index (κ1) is 18.0. The third-order valence-corrected chi connectivity index (χ3v) is 7.55. The highest BCUT2D eigenvalue weighted by molar-refractivity contribution is 6.26. The Balaban J connectivity index is 1.82. The molecule has 0 aliphatic heterocycles. The average Bonchev–Trinajstić information content (AvgIpc) is 3.34. The van der Waals surface area contributed by atoms with Crippen LogP contribution in [-0.4, -0.2) is 12.8 Å². The maximum Gasteiger partial charge on any atom is 0.113 e. The molecule has 0 bridgehead atoms. The van der Waals surface area contributed by atoms with E-state index < -0.39 is 0 Å². The lowest BCUT2D eigenvalue weighted by Crippen LogP contribution is -2.33. The Morgan fingerprint density at radius 2 is 2.04 bits per heavy atom. The molecular formula is C26H28BN. The van der Waals surface area contributed by atoms with Gasteiger partial charge in [0.15, 0.2) is 0 Å². The van der Waals surface area contributed by atoms with Crippen molar-refractivity contribution in [3.8, 4) is 0 Å². The molecule has 0 saturated heterocycles. The molecule has 0 spiro atoms. The van der Waals surface area contributed by atoms with Gasteiger partial charge in [-0.2, -0.15) is 0 Å². The van der Waals surface area contributed by atoms with Crippen LogP contribution < -0.4 is 0 Å². The predicted molar refractivity (Wildman–Crippen MR) is 119 cm³/mol. The van der Waals surface area contributed by atoms with E-state index in [2.05, 4.69) is 70.2 Å². The van der Waals surface area contributed by atoms with Gasteiger partial charge < -0.3 is 0 Å². The van der Waals surface area contributed by atoms with Crippen molar-refractivity contribution in [3.63, 3.8) is 0 Å². The first-order valence-corrected chi connectivity index (χ1v) is 10.7. The maximum atomic E-state index is 6.67. The van der Waals surface area contributed by atoms with E-state index in [1.165, 1.54) is 39.6 Å². The van der Waals surface area contributed by atoms with Gasteiger partial charge in [-0.15, -0.1) is 0 Å². The molecule has 140 valence electrons. The Morgan fingerprint density at radius 1 is 1.25 bits per heavy atom. The molecule has 3 unspecified atom stereocenters. The van der Waals surface area contributed by atoms with Gasteiger partial charge >= 0.3 is 0 Å². The number of nitrogens with zero attached hydrogens (tertiary/aromatic N) is 1. The highest BCUT2D eigenvalue weighted by Crippen LogP contribution is 2.66. The highest BCUT2D eigenvalue weighted by Gasteiger charge is 2.57. The lowest BCUT2D eigenvalue weighted by Gasteiger charge is -2.43. The molecule has 1 aromatic heterocycles. The van der Waals surface area contributed by atoms with Crippen LogP contribution >= 0.6 is 0 Å². The van der Waals surface area contributed by atoms with Crippen molar-refractivity contribution < 1.29 is 0 Å². The van der Waals surface area contributed by atoms with Gasteiger partial charge in [-0.25, -0.2) is 0 Å². The van der Waals surface area contributed by atoms with Crippen LogP contribution in [-0.2, 0) is 5.41 Å². The molecule has 2 radical (unpaired) electrons. The number of allylic oxidation sites excluding steroid dienone is 6. The summed E-state index contributed by atoms with van der Waals surface area (Å²) < 4.78 is 0. The molecule has 3 atom stereocenters. The van der Waals surface area contributed by atoms with Gasteiger partial charge in [-0.3, -0.25) is 4.98 Å². The molecular weight excluding hydrogens is 337 g/mol. The summed E-state index contributed by atoms with van der Waals surface area (Å²) in [4.78, 5) is 4.95. The van der Waals surface area contributed by atoms with E-state index in [-0.39, 0.29) is 10.8 Å². The molecule has 0 amide bonds. The highest BCUT2D eigenvalue weighted by atomic mass is 14.7. The molecule has 1 saturated carbocycles. The normalized spacial score (nSPS) is 30.5. The van der Waals surface area contributed by atoms with Crippen LogP contribution in [0.1, 0.15) is 58.2 Å². The van der Waals surface area contributed by atoms with Crippen LogP contribution in [0.3, 0.4) is 0 Å². The van der Waals surface area contributed by atoms with E-state index in [1.807, 2.05) is 6.20 Å². The van der Waals surface area contributed by atoms with Crippen molar-refractivity contribution in [1.82, 2.24) is 4.98 Å². The SMILES string of the molecule is [B]C1=CCC(C2(C=CCC)CC2C)C2=C1C(C)(C)c1cccc3ccnc2c13. The van der Waals surface area contributed by atoms with Crippen molar-refractivity contribution in [3.05, 3.63) is 71.0 Å². The van der Waals surface area contributed by atoms with Gasteiger partial charge in [0, 0.05) is 17.0 Å². The molecule has 3 aliphatic rings. The number of hydrogen-bond donors (Lipinski definition) is 0. The topological polar surface area (TPSA) is 12.9 Å². The molecule has 1 fully saturated rings. The van der Waals surface area contributed by atoms with Crippen LogP contribution in [0, 0.1) is 17.3 Å². The molecule has 1 heterocycles. The van der Waals surface area contributed by atoms with Crippen LogP contribution in [0.15, 0.2) is 59.7 Å². The van der Waals surface area contributed by atoms with E-state index >= 15 is 0 Å². The summed E-state index contributed by atoms with van der Waals surface area (Å²) in [5.74, 6) is 1.17. The third-order valence-electron chi connectivity index (χ3n) is 7.55. The second kappa shape index (κ2) is 5.96. The Kier molecular flexibility index (Phi) is 3.82. The number of benzene rings is 1. The molecule has 1 aromatic carbocycles. The van der Waals surface area contributed by atoms with Crippen LogP contribution in [0.2, 0.25) is 0 Å². The fourth-order valence-electron chi connectivity index (χ4n) is 6.00. The van der Waals surface area contributed by atoms with Crippen molar-refractivity contribution in [1.29, 1.82) is 0 Å². The van der Waals surface area contributed by atoms with Gasteiger partial charge in [-0.1, -0.05) is 69.6 Å². The van der Waals surface area contributed by atoms with E-state index in [1.54, 1.807) is 0 Å². The second-order valence-electron chi connectivity index (χ2n) is 9.45. The van der Waals surface area contributed by atoms with E-state index in [0.29, 0.717) is 11.8 Å². The van der Waals surface area contributed by atoms with Crippen LogP contribution in [0.5, 0.6) is 0 Å². The number of rotatable bonds is 3. The summed E-state index contributed by atoms with van der Waals surface area (Å²) in [5.41, 5.74) is 6.34. The van der Waals surface area contributed by atoms with Crippen LogP contribution in [0.4, 0.5) is 0 Å². The third kappa shape index (κ3) is 2.24. The van der Waals surface area contributed by atoms with Gasteiger partial charge in [0.25, 0.3) is 0 Å². The summed E-state index contributed by atoms with van der Waals surface area (Å²) in [6.45, 7) is 9.29. The minimum absolute atomic E-state index is 0.113. The first-order valence-electron chi connectivity index (χ1n) is 10.7. The second-order valence-corrected chi connectivity index (χ2v) is 9.45. The molecule has 1 nitrogen and oxygen atoms in total. The Bertz CT molecular complexity index is 1070. The number of aromatic nitrogens is 1. The monoisotopic (exact) mass is 365 g/mol. The molecule has 3 aliphatic carbocycles. The van der Waals surface area contributed by atoms with Gasteiger partial charge in [-0.05, 0) is 64.7 Å². The van der Waals surface area contributed by atoms with Gasteiger partial charge in [0.2, 0.25) is 0 Å². The summed E-state index contributed by atoms with van der Waals surface area (Å²) >= 11 is 0. The summed E-state index contributed by atoms with van der Waals surface area (Å²) in [7, 11) is 6.67. The largest absolute Gasteiger partial charge is 0.256 e. The first-order chi connectivity index (χ1) is 13.4. The minimum Gasteiger partial charge on any atom is -0.256 e. The van der Waals surface area contributed by atoms with E-state index in [0.717, 1.165) is 18.3 Å². The van der Waals surface area contributed by atoms with Crippen molar-refractivity contribution in [2.45, 2.75) is 52.4 Å². The van der Waals surface area contributed by atoms with E-state index in [4.69, 9.17) is 12.8 Å². The van der Waals surface area contributed by atoms with Crippen molar-refractivity contribution in [2.24, 2.45) is 17.3 Å². The van der Waals surface area contributed by atoms with Crippen molar-refractivity contribution in [2.75, 3.05) is 0 Å². The lowest BCUT2D eigenvalue weighted by molar-refractivity contribution is 0.429. The Hall–Kier alpha value is -2.09. The standard InChI is InChI=1S/C26H28BN/c1-5-6-13-26(15-16(26)2)19-10-11-20(27)23-22(19)24-21-17(12-14-28-24)8-7-9-18(21)25(23,3)4/h6-9,11-14,16,19H,5,10,15H2,1-4H3. The average molecular weight is 365 g/mol. The smallest absolute Gasteiger partial charge is 0.113 e. The Labute approximate surface area is 170 Å². The quantitative estimate of drug-likeness (QED) is 0.457. The maximum absolute atomic E-state index is 6.67. The molecule has 2 aromatic rings. The number of hydrogen-bond acceptors (Lipinski definition) is 1. The van der Waals surface area contributed by atoms with Gasteiger partial charge in [0.1, 0.15) is 7.85 Å².